The molecular weight excluding hydrogens is 496 g/mol. The highest BCUT2D eigenvalue weighted by Crippen LogP contribution is 2.28. The molecule has 0 radical (unpaired) electrons. The lowest BCUT2D eigenvalue weighted by molar-refractivity contribution is 0.113. The minimum Gasteiger partial charge on any atom is -0.475 e. The summed E-state index contributed by atoms with van der Waals surface area (Å²) in [6.07, 6.45) is 1.02. The van der Waals surface area contributed by atoms with Crippen LogP contribution in [0.3, 0.4) is 0 Å². The molecule has 2 aromatic carbocycles. The van der Waals surface area contributed by atoms with Crippen molar-refractivity contribution in [2.45, 2.75) is 11.3 Å². The molecule has 4 N–H and O–H groups in total. The van der Waals surface area contributed by atoms with Crippen molar-refractivity contribution in [1.29, 1.82) is 10.8 Å². The summed E-state index contributed by atoms with van der Waals surface area (Å²) in [6, 6.07) is 14.7. The molecule has 0 saturated carbocycles. The van der Waals surface area contributed by atoms with Crippen LogP contribution in [0.15, 0.2) is 59.9 Å². The molecule has 1 heterocycles. The Morgan fingerprint density at radius 1 is 0.892 bits per heavy atom. The molecule has 0 aliphatic rings. The topological polar surface area (TPSA) is 143 Å². The molecule has 0 bridgehead atoms. The highest BCUT2D eigenvalue weighted by atomic mass is 32.2. The zero-order valence-electron chi connectivity index (χ0n) is 20.8. The Balaban J connectivity index is 1.83. The number of nitrogens with zero attached hydrogens (tertiary/aromatic N) is 2. The third-order valence-corrected chi connectivity index (χ3v) is 6.30. The maximum atomic E-state index is 9.86. The van der Waals surface area contributed by atoms with Crippen molar-refractivity contribution in [3.05, 3.63) is 65.9 Å². The van der Waals surface area contributed by atoms with Crippen molar-refractivity contribution in [2.24, 2.45) is 0 Å². The molecule has 0 aliphatic heterocycles. The first-order valence-electron chi connectivity index (χ1n) is 11.6. The third kappa shape index (κ3) is 8.14. The summed E-state index contributed by atoms with van der Waals surface area (Å²) in [4.78, 5) is 4.76. The van der Waals surface area contributed by atoms with E-state index < -0.39 is 6.10 Å². The van der Waals surface area contributed by atoms with Crippen molar-refractivity contribution in [3.8, 4) is 16.9 Å². The van der Waals surface area contributed by atoms with E-state index in [4.69, 9.17) is 34.7 Å². The highest BCUT2D eigenvalue weighted by Gasteiger charge is 2.15. The lowest BCUT2D eigenvalue weighted by Crippen LogP contribution is -2.15. The van der Waals surface area contributed by atoms with Gasteiger partial charge >= 0.3 is 0 Å². The fraction of sp³-hybridized carbons (Fsp3) is 0.346. The fourth-order valence-electron chi connectivity index (χ4n) is 3.20. The van der Waals surface area contributed by atoms with E-state index in [1.165, 1.54) is 11.8 Å². The van der Waals surface area contributed by atoms with E-state index in [9.17, 15) is 10.2 Å². The maximum Gasteiger partial charge on any atom is 0.213 e. The predicted molar refractivity (Wildman–Crippen MR) is 142 cm³/mol. The van der Waals surface area contributed by atoms with Gasteiger partial charge in [-0.2, -0.15) is 0 Å². The van der Waals surface area contributed by atoms with E-state index in [-0.39, 0.29) is 24.2 Å². The number of aliphatic hydroxyl groups excluding tert-OH is 2. The third-order valence-electron chi connectivity index (χ3n) is 5.21. The first kappa shape index (κ1) is 28.4. The molecule has 0 saturated heterocycles. The molecule has 1 unspecified atom stereocenters. The molecule has 1 atom stereocenters. The molecule has 0 amide bonds. The normalized spacial score (nSPS) is 11.8. The van der Waals surface area contributed by atoms with Crippen LogP contribution in [-0.2, 0) is 18.9 Å². The standard InChI is InChI=1S/C26H32N4O6S/c1-33-11-13-35-24(27)19-5-3-18(4-6-19)23-15-30(26(29-23)37-17-22(32)16-31)21-9-7-20(8-10-21)25(28)36-14-12-34-2/h3-10,15,22,27-28,31-32H,11-14,16-17H2,1-2H3. The van der Waals surface area contributed by atoms with Crippen molar-refractivity contribution >= 4 is 23.6 Å². The first-order chi connectivity index (χ1) is 18.0. The number of hydrogen-bond donors (Lipinski definition) is 4. The van der Waals surface area contributed by atoms with Crippen molar-refractivity contribution < 1.29 is 29.2 Å². The predicted octanol–water partition coefficient (Wildman–Crippen LogP) is 2.96. The summed E-state index contributed by atoms with van der Waals surface area (Å²) in [7, 11) is 3.16. The Bertz CT molecular complexity index is 1150. The van der Waals surface area contributed by atoms with Gasteiger partial charge in [-0.1, -0.05) is 23.9 Å². The van der Waals surface area contributed by atoms with Gasteiger partial charge in [-0.15, -0.1) is 0 Å². The van der Waals surface area contributed by atoms with Gasteiger partial charge in [0.05, 0.1) is 31.6 Å². The minimum absolute atomic E-state index is 0.0624. The minimum atomic E-state index is -0.867. The molecule has 0 aliphatic carbocycles. The second kappa shape index (κ2) is 14.5. The Kier molecular flexibility index (Phi) is 11.1. The molecular formula is C26H32N4O6S. The van der Waals surface area contributed by atoms with Crippen LogP contribution in [0.5, 0.6) is 0 Å². The Morgan fingerprint density at radius 3 is 1.95 bits per heavy atom. The Morgan fingerprint density at radius 2 is 1.43 bits per heavy atom. The summed E-state index contributed by atoms with van der Waals surface area (Å²) in [5.74, 6) is 0.408. The van der Waals surface area contributed by atoms with Crippen LogP contribution in [0.4, 0.5) is 0 Å². The second-order valence-electron chi connectivity index (χ2n) is 7.89. The SMILES string of the molecule is COCCOC(=N)c1ccc(-c2cn(-c3ccc(C(=N)OCCOC)cc3)c(SCC(O)CO)n2)cc1. The number of benzene rings is 2. The van der Waals surface area contributed by atoms with E-state index in [0.29, 0.717) is 48.4 Å². The van der Waals surface area contributed by atoms with Crippen LogP contribution in [0.1, 0.15) is 11.1 Å². The van der Waals surface area contributed by atoms with Gasteiger partial charge in [0.25, 0.3) is 0 Å². The molecule has 3 aromatic rings. The summed E-state index contributed by atoms with van der Waals surface area (Å²) in [5, 5.41) is 35.9. The number of aliphatic hydroxyl groups is 2. The van der Waals surface area contributed by atoms with E-state index in [0.717, 1.165) is 11.3 Å². The molecule has 37 heavy (non-hydrogen) atoms. The lowest BCUT2D eigenvalue weighted by Gasteiger charge is -2.11. The van der Waals surface area contributed by atoms with Crippen molar-refractivity contribution in [1.82, 2.24) is 9.55 Å². The van der Waals surface area contributed by atoms with Crippen LogP contribution in [0.2, 0.25) is 0 Å². The van der Waals surface area contributed by atoms with Gasteiger partial charge in [-0.25, -0.2) is 4.98 Å². The molecule has 1 aromatic heterocycles. The Labute approximate surface area is 220 Å². The van der Waals surface area contributed by atoms with Gasteiger partial charge in [-0.3, -0.25) is 15.4 Å². The summed E-state index contributed by atoms with van der Waals surface area (Å²) in [6.45, 7) is 1.08. The summed E-state index contributed by atoms with van der Waals surface area (Å²) < 4.78 is 22.6. The number of aromatic nitrogens is 2. The summed E-state index contributed by atoms with van der Waals surface area (Å²) in [5.41, 5.74) is 3.65. The molecule has 0 fully saturated rings. The van der Waals surface area contributed by atoms with Crippen LogP contribution < -0.4 is 0 Å². The number of hydrogen-bond acceptors (Lipinski definition) is 10. The highest BCUT2D eigenvalue weighted by molar-refractivity contribution is 7.99. The monoisotopic (exact) mass is 528 g/mol. The number of thioether (sulfide) groups is 1. The van der Waals surface area contributed by atoms with Gasteiger partial charge in [0.1, 0.15) is 13.2 Å². The average Bonchev–Trinajstić information content (AvgIpc) is 3.36. The fourth-order valence-corrected chi connectivity index (χ4v) is 4.11. The zero-order valence-corrected chi connectivity index (χ0v) is 21.7. The molecule has 198 valence electrons. The van der Waals surface area contributed by atoms with Gasteiger partial charge in [0.2, 0.25) is 11.8 Å². The van der Waals surface area contributed by atoms with E-state index in [2.05, 4.69) is 0 Å². The zero-order chi connectivity index (χ0) is 26.6. The van der Waals surface area contributed by atoms with Crippen LogP contribution in [0, 0.1) is 10.8 Å². The number of imidazole rings is 1. The number of methoxy groups -OCH3 is 2. The number of nitrogens with one attached hydrogen (secondary N) is 2. The molecule has 0 spiro atoms. The van der Waals surface area contributed by atoms with Crippen molar-refractivity contribution in [3.63, 3.8) is 0 Å². The Hall–Kier alpha value is -3.22. The number of ether oxygens (including phenoxy) is 4. The van der Waals surface area contributed by atoms with Gasteiger partial charge in [-0.05, 0) is 36.4 Å². The largest absolute Gasteiger partial charge is 0.475 e. The van der Waals surface area contributed by atoms with Crippen LogP contribution in [0.25, 0.3) is 16.9 Å². The molecule has 11 heteroatoms. The van der Waals surface area contributed by atoms with Crippen LogP contribution >= 0.6 is 11.8 Å². The second-order valence-corrected chi connectivity index (χ2v) is 8.88. The van der Waals surface area contributed by atoms with Crippen molar-refractivity contribution in [2.75, 3.05) is 53.0 Å². The summed E-state index contributed by atoms with van der Waals surface area (Å²) >= 11 is 1.33. The maximum absolute atomic E-state index is 9.86. The van der Waals surface area contributed by atoms with E-state index in [1.54, 1.807) is 38.5 Å². The lowest BCUT2D eigenvalue weighted by atomic mass is 10.1. The molecule has 3 rings (SSSR count). The van der Waals surface area contributed by atoms with Crippen LogP contribution in [-0.4, -0.2) is 90.7 Å². The average molecular weight is 529 g/mol. The smallest absolute Gasteiger partial charge is 0.213 e. The molecule has 10 nitrogen and oxygen atoms in total. The first-order valence-corrected chi connectivity index (χ1v) is 12.6. The van der Waals surface area contributed by atoms with Gasteiger partial charge < -0.3 is 29.2 Å². The van der Waals surface area contributed by atoms with Gasteiger partial charge in [0, 0.05) is 48.5 Å². The van der Waals surface area contributed by atoms with E-state index in [1.807, 2.05) is 35.0 Å². The van der Waals surface area contributed by atoms with E-state index >= 15 is 0 Å². The van der Waals surface area contributed by atoms with Gasteiger partial charge in [0.15, 0.2) is 5.16 Å². The quantitative estimate of drug-likeness (QED) is 0.108. The number of rotatable bonds is 14.